The maximum Gasteiger partial charge on any atom is 0.133 e. The smallest absolute Gasteiger partial charge is 0.133 e. The second-order valence-corrected chi connectivity index (χ2v) is 2.99. The zero-order valence-electron chi connectivity index (χ0n) is 7.29. The van der Waals surface area contributed by atoms with Crippen molar-refractivity contribution in [3.63, 3.8) is 0 Å². The Hall–Kier alpha value is -0.590. The highest BCUT2D eigenvalue weighted by atomic mass is 16.5. The normalized spacial score (nSPS) is 23.4. The standard InChI is InChI=1S/C9H15NO2/c10-5-8-11-7-4-9-3-1-2-6-12-9/h9H,1-4,6-8H2. The minimum atomic E-state index is 0.201. The largest absolute Gasteiger partial charge is 0.378 e. The highest BCUT2D eigenvalue weighted by Crippen LogP contribution is 2.15. The van der Waals surface area contributed by atoms with E-state index in [9.17, 15) is 0 Å². The summed E-state index contributed by atoms with van der Waals surface area (Å²) in [4.78, 5) is 0. The summed E-state index contributed by atoms with van der Waals surface area (Å²) in [6.07, 6.45) is 4.91. The Morgan fingerprint density at radius 3 is 3.08 bits per heavy atom. The molecular formula is C9H15NO2. The van der Waals surface area contributed by atoms with Crippen molar-refractivity contribution in [2.24, 2.45) is 0 Å². The molecule has 3 nitrogen and oxygen atoms in total. The van der Waals surface area contributed by atoms with Crippen molar-refractivity contribution in [3.05, 3.63) is 0 Å². The third-order valence-corrected chi connectivity index (χ3v) is 2.02. The fourth-order valence-corrected chi connectivity index (χ4v) is 1.37. The number of rotatable bonds is 4. The quantitative estimate of drug-likeness (QED) is 0.599. The van der Waals surface area contributed by atoms with E-state index in [1.165, 1.54) is 12.8 Å². The lowest BCUT2D eigenvalue weighted by molar-refractivity contribution is -0.00467. The van der Waals surface area contributed by atoms with Crippen LogP contribution in [0.1, 0.15) is 25.7 Å². The molecule has 1 heterocycles. The monoisotopic (exact) mass is 169 g/mol. The van der Waals surface area contributed by atoms with Crippen LogP contribution in [0.3, 0.4) is 0 Å². The third kappa shape index (κ3) is 3.70. The van der Waals surface area contributed by atoms with Gasteiger partial charge in [0, 0.05) is 6.61 Å². The summed E-state index contributed by atoms with van der Waals surface area (Å²) in [6, 6.07) is 1.94. The predicted molar refractivity (Wildman–Crippen MR) is 44.6 cm³/mol. The highest BCUT2D eigenvalue weighted by Gasteiger charge is 2.12. The van der Waals surface area contributed by atoms with Crippen molar-refractivity contribution >= 4 is 0 Å². The predicted octanol–water partition coefficient (Wildman–Crippen LogP) is 1.49. The van der Waals surface area contributed by atoms with Gasteiger partial charge < -0.3 is 9.47 Å². The minimum absolute atomic E-state index is 0.201. The Balaban J connectivity index is 1.95. The van der Waals surface area contributed by atoms with E-state index >= 15 is 0 Å². The van der Waals surface area contributed by atoms with Gasteiger partial charge in [0.05, 0.1) is 18.8 Å². The van der Waals surface area contributed by atoms with E-state index in [1.807, 2.05) is 6.07 Å². The van der Waals surface area contributed by atoms with Crippen LogP contribution < -0.4 is 0 Å². The van der Waals surface area contributed by atoms with Crippen molar-refractivity contribution < 1.29 is 9.47 Å². The fourth-order valence-electron chi connectivity index (χ4n) is 1.37. The first-order valence-corrected chi connectivity index (χ1v) is 4.50. The summed E-state index contributed by atoms with van der Waals surface area (Å²) < 4.78 is 10.5. The van der Waals surface area contributed by atoms with Gasteiger partial charge in [-0.25, -0.2) is 0 Å². The van der Waals surface area contributed by atoms with Crippen LogP contribution in [0.4, 0.5) is 0 Å². The lowest BCUT2D eigenvalue weighted by Gasteiger charge is -2.21. The Labute approximate surface area is 73.3 Å². The molecule has 0 aromatic carbocycles. The van der Waals surface area contributed by atoms with Crippen molar-refractivity contribution in [2.45, 2.75) is 31.8 Å². The van der Waals surface area contributed by atoms with Crippen LogP contribution in [0.25, 0.3) is 0 Å². The maximum absolute atomic E-state index is 8.20. The van der Waals surface area contributed by atoms with Crippen LogP contribution in [0.5, 0.6) is 0 Å². The molecule has 1 unspecified atom stereocenters. The Morgan fingerprint density at radius 1 is 1.50 bits per heavy atom. The number of ether oxygens (including phenoxy) is 2. The van der Waals surface area contributed by atoms with E-state index in [0.717, 1.165) is 19.4 Å². The SMILES string of the molecule is N#CCOCCC1CCCCO1. The number of nitriles is 1. The number of nitrogens with zero attached hydrogens (tertiary/aromatic N) is 1. The van der Waals surface area contributed by atoms with Gasteiger partial charge in [-0.15, -0.1) is 0 Å². The topological polar surface area (TPSA) is 42.2 Å². The summed E-state index contributed by atoms with van der Waals surface area (Å²) in [7, 11) is 0. The summed E-state index contributed by atoms with van der Waals surface area (Å²) in [5.74, 6) is 0. The van der Waals surface area contributed by atoms with Gasteiger partial charge in [-0.1, -0.05) is 0 Å². The lowest BCUT2D eigenvalue weighted by Crippen LogP contribution is -2.20. The molecule has 1 aliphatic heterocycles. The Morgan fingerprint density at radius 2 is 2.42 bits per heavy atom. The molecule has 0 N–H and O–H groups in total. The molecule has 0 radical (unpaired) electrons. The van der Waals surface area contributed by atoms with E-state index in [4.69, 9.17) is 14.7 Å². The van der Waals surface area contributed by atoms with Crippen LogP contribution in [-0.4, -0.2) is 25.9 Å². The second kappa shape index (κ2) is 5.99. The van der Waals surface area contributed by atoms with Crippen LogP contribution in [-0.2, 0) is 9.47 Å². The van der Waals surface area contributed by atoms with Crippen LogP contribution in [0.15, 0.2) is 0 Å². The zero-order valence-corrected chi connectivity index (χ0v) is 7.29. The molecule has 0 aromatic rings. The molecule has 0 amide bonds. The fraction of sp³-hybridized carbons (Fsp3) is 0.889. The molecule has 1 saturated heterocycles. The number of hydrogen-bond donors (Lipinski definition) is 0. The molecule has 0 aromatic heterocycles. The molecule has 1 rings (SSSR count). The van der Waals surface area contributed by atoms with E-state index in [0.29, 0.717) is 12.7 Å². The lowest BCUT2D eigenvalue weighted by atomic mass is 10.1. The van der Waals surface area contributed by atoms with E-state index in [1.54, 1.807) is 0 Å². The molecule has 12 heavy (non-hydrogen) atoms. The first-order chi connectivity index (χ1) is 5.93. The van der Waals surface area contributed by atoms with E-state index in [2.05, 4.69) is 0 Å². The summed E-state index contributed by atoms with van der Waals surface area (Å²) >= 11 is 0. The van der Waals surface area contributed by atoms with Gasteiger partial charge in [0.15, 0.2) is 0 Å². The first-order valence-electron chi connectivity index (χ1n) is 4.50. The molecule has 0 aliphatic carbocycles. The average molecular weight is 169 g/mol. The molecule has 0 saturated carbocycles. The molecule has 3 heteroatoms. The highest BCUT2D eigenvalue weighted by molar-refractivity contribution is 4.67. The van der Waals surface area contributed by atoms with Crippen LogP contribution in [0.2, 0.25) is 0 Å². The summed E-state index contributed by atoms with van der Waals surface area (Å²) in [5.41, 5.74) is 0. The molecule has 1 atom stereocenters. The van der Waals surface area contributed by atoms with Crippen LogP contribution >= 0.6 is 0 Å². The minimum Gasteiger partial charge on any atom is -0.378 e. The molecular weight excluding hydrogens is 154 g/mol. The van der Waals surface area contributed by atoms with Gasteiger partial charge >= 0.3 is 0 Å². The van der Waals surface area contributed by atoms with Crippen molar-refractivity contribution in [3.8, 4) is 6.07 Å². The van der Waals surface area contributed by atoms with E-state index < -0.39 is 0 Å². The molecule has 1 aliphatic rings. The van der Waals surface area contributed by atoms with Gasteiger partial charge in [0.25, 0.3) is 0 Å². The van der Waals surface area contributed by atoms with Gasteiger partial charge in [0.1, 0.15) is 6.61 Å². The molecule has 0 bridgehead atoms. The van der Waals surface area contributed by atoms with Crippen molar-refractivity contribution in [1.82, 2.24) is 0 Å². The molecule has 1 fully saturated rings. The van der Waals surface area contributed by atoms with Gasteiger partial charge in [-0.05, 0) is 25.7 Å². The first kappa shape index (κ1) is 9.50. The number of hydrogen-bond acceptors (Lipinski definition) is 3. The Kier molecular flexibility index (Phi) is 4.74. The van der Waals surface area contributed by atoms with Gasteiger partial charge in [-0.2, -0.15) is 5.26 Å². The zero-order chi connectivity index (χ0) is 8.65. The average Bonchev–Trinajstić information content (AvgIpc) is 2.14. The third-order valence-electron chi connectivity index (χ3n) is 2.02. The Bertz CT molecular complexity index is 147. The maximum atomic E-state index is 8.20. The van der Waals surface area contributed by atoms with E-state index in [-0.39, 0.29) is 6.61 Å². The summed E-state index contributed by atoms with van der Waals surface area (Å²) in [5, 5.41) is 8.20. The molecule has 0 spiro atoms. The molecule has 68 valence electrons. The summed E-state index contributed by atoms with van der Waals surface area (Å²) in [6.45, 7) is 1.74. The van der Waals surface area contributed by atoms with Crippen LogP contribution in [0, 0.1) is 11.3 Å². The van der Waals surface area contributed by atoms with Crippen molar-refractivity contribution in [1.29, 1.82) is 5.26 Å². The van der Waals surface area contributed by atoms with Gasteiger partial charge in [0.2, 0.25) is 0 Å². The second-order valence-electron chi connectivity index (χ2n) is 2.99. The van der Waals surface area contributed by atoms with Crippen molar-refractivity contribution in [2.75, 3.05) is 19.8 Å². The van der Waals surface area contributed by atoms with Gasteiger partial charge in [-0.3, -0.25) is 0 Å².